The lowest BCUT2D eigenvalue weighted by atomic mass is 9.82. The van der Waals surface area contributed by atoms with Gasteiger partial charge in [-0.2, -0.15) is 0 Å². The molecule has 2 heterocycles. The number of benzene rings is 1. The summed E-state index contributed by atoms with van der Waals surface area (Å²) in [6.45, 7) is 0.393. The van der Waals surface area contributed by atoms with Crippen LogP contribution in [0.4, 0.5) is 10.5 Å². The normalized spacial score (nSPS) is 19.8. The molecule has 4 rings (SSSR count). The van der Waals surface area contributed by atoms with E-state index in [1.165, 1.54) is 10.5 Å². The third-order valence-electron chi connectivity index (χ3n) is 5.19. The first-order valence-corrected chi connectivity index (χ1v) is 9.25. The largest absolute Gasteiger partial charge is 0.465 e. The van der Waals surface area contributed by atoms with E-state index in [-0.39, 0.29) is 12.1 Å². The van der Waals surface area contributed by atoms with E-state index in [4.69, 9.17) is 0 Å². The Hall–Kier alpha value is -3.41. The van der Waals surface area contributed by atoms with Crippen molar-refractivity contribution in [2.24, 2.45) is 4.99 Å². The number of hydrogen-bond acceptors (Lipinski definition) is 4. The molecule has 6 nitrogen and oxygen atoms in total. The zero-order valence-corrected chi connectivity index (χ0v) is 15.6. The van der Waals surface area contributed by atoms with E-state index in [1.807, 2.05) is 30.5 Å². The third kappa shape index (κ3) is 3.53. The number of amides is 1. The van der Waals surface area contributed by atoms with Crippen molar-refractivity contribution in [3.8, 4) is 0 Å². The Morgan fingerprint density at radius 1 is 1.25 bits per heavy atom. The number of hydrogen-bond donors (Lipinski definition) is 2. The average Bonchev–Trinajstić information content (AvgIpc) is 3.12. The fourth-order valence-corrected chi connectivity index (χ4v) is 3.75. The summed E-state index contributed by atoms with van der Waals surface area (Å²) in [6, 6.07) is 10.1. The van der Waals surface area contributed by atoms with Crippen LogP contribution in [0, 0.1) is 0 Å². The van der Waals surface area contributed by atoms with Crippen LogP contribution in [-0.4, -0.2) is 40.9 Å². The van der Waals surface area contributed by atoms with E-state index in [2.05, 4.69) is 39.6 Å². The fraction of sp³-hybridized carbons (Fsp3) is 0.227. The van der Waals surface area contributed by atoms with Crippen LogP contribution in [0.15, 0.2) is 71.5 Å². The number of rotatable bonds is 5. The molecule has 0 bridgehead atoms. The summed E-state index contributed by atoms with van der Waals surface area (Å²) in [7, 11) is 1.60. The SMILES string of the molecule is CN(CC1=CC=CCC1c1cccc2c1C=NC2Nc1ccncc1)C(=O)O. The number of aliphatic imine (C=N–C) groups is 1. The Labute approximate surface area is 163 Å². The summed E-state index contributed by atoms with van der Waals surface area (Å²) in [5.74, 6) is 0.146. The van der Waals surface area contributed by atoms with Gasteiger partial charge < -0.3 is 15.3 Å². The highest BCUT2D eigenvalue weighted by Gasteiger charge is 2.27. The molecule has 2 unspecified atom stereocenters. The molecule has 0 saturated carbocycles. The molecule has 2 atom stereocenters. The van der Waals surface area contributed by atoms with Crippen molar-refractivity contribution in [1.29, 1.82) is 0 Å². The van der Waals surface area contributed by atoms with Crippen LogP contribution in [-0.2, 0) is 0 Å². The Balaban J connectivity index is 1.62. The van der Waals surface area contributed by atoms with E-state index in [0.717, 1.165) is 28.8 Å². The second kappa shape index (κ2) is 7.68. The Morgan fingerprint density at radius 3 is 2.82 bits per heavy atom. The van der Waals surface area contributed by atoms with Gasteiger partial charge in [0.15, 0.2) is 0 Å². The molecule has 28 heavy (non-hydrogen) atoms. The zero-order chi connectivity index (χ0) is 19.5. The van der Waals surface area contributed by atoms with Crippen LogP contribution in [0.2, 0.25) is 0 Å². The molecule has 1 aliphatic carbocycles. The smallest absolute Gasteiger partial charge is 0.407 e. The predicted octanol–water partition coefficient (Wildman–Crippen LogP) is 4.20. The van der Waals surface area contributed by atoms with Crippen LogP contribution in [0.1, 0.15) is 35.2 Å². The maximum absolute atomic E-state index is 11.3. The van der Waals surface area contributed by atoms with Crippen LogP contribution < -0.4 is 5.32 Å². The minimum atomic E-state index is -0.921. The van der Waals surface area contributed by atoms with E-state index in [1.54, 1.807) is 19.4 Å². The summed E-state index contributed by atoms with van der Waals surface area (Å²) < 4.78 is 0. The van der Waals surface area contributed by atoms with Gasteiger partial charge in [0.25, 0.3) is 0 Å². The number of nitrogens with one attached hydrogen (secondary N) is 1. The van der Waals surface area contributed by atoms with Crippen molar-refractivity contribution in [3.63, 3.8) is 0 Å². The molecule has 142 valence electrons. The predicted molar refractivity (Wildman–Crippen MR) is 110 cm³/mol. The first kappa shape index (κ1) is 18.0. The minimum absolute atomic E-state index is 0.134. The number of allylic oxidation sites excluding steroid dienone is 3. The van der Waals surface area contributed by atoms with E-state index >= 15 is 0 Å². The molecule has 2 aliphatic rings. The van der Waals surface area contributed by atoms with Gasteiger partial charge in [-0.1, -0.05) is 36.4 Å². The van der Waals surface area contributed by atoms with Crippen LogP contribution >= 0.6 is 0 Å². The van der Waals surface area contributed by atoms with Gasteiger partial charge in [0.05, 0.1) is 0 Å². The Morgan fingerprint density at radius 2 is 2.04 bits per heavy atom. The van der Waals surface area contributed by atoms with Crippen LogP contribution in [0.25, 0.3) is 0 Å². The number of aromatic nitrogens is 1. The maximum atomic E-state index is 11.3. The fourth-order valence-electron chi connectivity index (χ4n) is 3.75. The summed E-state index contributed by atoms with van der Waals surface area (Å²) in [6.07, 6.45) is 11.4. The lowest BCUT2D eigenvalue weighted by Gasteiger charge is -2.27. The average molecular weight is 374 g/mol. The number of likely N-dealkylation sites (N-methyl/N-ethyl adjacent to an activating group) is 1. The van der Waals surface area contributed by atoms with Crippen LogP contribution in [0.3, 0.4) is 0 Å². The highest BCUT2D eigenvalue weighted by molar-refractivity contribution is 5.88. The second-order valence-electron chi connectivity index (χ2n) is 7.01. The van der Waals surface area contributed by atoms with Crippen molar-refractivity contribution in [2.45, 2.75) is 18.5 Å². The molecule has 1 aromatic heterocycles. The van der Waals surface area contributed by atoms with Crippen molar-refractivity contribution >= 4 is 18.0 Å². The Kier molecular flexibility index (Phi) is 4.93. The lowest BCUT2D eigenvalue weighted by Crippen LogP contribution is -2.29. The summed E-state index contributed by atoms with van der Waals surface area (Å²) >= 11 is 0. The molecule has 2 N–H and O–H groups in total. The first-order chi connectivity index (χ1) is 13.6. The molecule has 1 aromatic carbocycles. The quantitative estimate of drug-likeness (QED) is 0.822. The monoisotopic (exact) mass is 374 g/mol. The molecule has 1 aliphatic heterocycles. The second-order valence-corrected chi connectivity index (χ2v) is 7.01. The molecular weight excluding hydrogens is 352 g/mol. The van der Waals surface area contributed by atoms with Gasteiger partial charge in [-0.25, -0.2) is 4.79 Å². The van der Waals surface area contributed by atoms with Crippen molar-refractivity contribution in [3.05, 3.63) is 83.2 Å². The molecule has 1 amide bonds. The minimum Gasteiger partial charge on any atom is -0.465 e. The first-order valence-electron chi connectivity index (χ1n) is 9.25. The standard InChI is InChI=1S/C22H22N4O2/c1-26(22(27)28)14-15-5-2-3-6-17(15)18-7-4-8-19-20(18)13-24-21(19)25-16-9-11-23-12-10-16/h2-5,7-13,17,21H,6,14H2,1H3,(H,23,25)(H,27,28). The number of nitrogens with zero attached hydrogens (tertiary/aromatic N) is 3. The van der Waals surface area contributed by atoms with Gasteiger partial charge in [-0.05, 0) is 29.7 Å². The van der Waals surface area contributed by atoms with E-state index < -0.39 is 6.09 Å². The van der Waals surface area contributed by atoms with Crippen molar-refractivity contribution in [1.82, 2.24) is 9.88 Å². The van der Waals surface area contributed by atoms with Gasteiger partial charge in [0.2, 0.25) is 0 Å². The number of fused-ring (bicyclic) bond motifs is 1. The Bertz CT molecular complexity index is 966. The number of carboxylic acid groups (broad SMARTS) is 1. The van der Waals surface area contributed by atoms with E-state index in [9.17, 15) is 9.90 Å². The third-order valence-corrected chi connectivity index (χ3v) is 5.19. The lowest BCUT2D eigenvalue weighted by molar-refractivity contribution is 0.159. The van der Waals surface area contributed by atoms with Gasteiger partial charge in [-0.15, -0.1) is 0 Å². The van der Waals surface area contributed by atoms with Crippen molar-refractivity contribution in [2.75, 3.05) is 18.9 Å². The highest BCUT2D eigenvalue weighted by Crippen LogP contribution is 2.38. The van der Waals surface area contributed by atoms with Gasteiger partial charge >= 0.3 is 6.09 Å². The van der Waals surface area contributed by atoms with Crippen LogP contribution in [0.5, 0.6) is 0 Å². The number of anilines is 1. The molecule has 0 fully saturated rings. The number of pyridine rings is 1. The van der Waals surface area contributed by atoms with E-state index in [0.29, 0.717) is 6.54 Å². The molecule has 6 heteroatoms. The molecule has 0 spiro atoms. The molecular formula is C22H22N4O2. The molecule has 2 aromatic rings. The van der Waals surface area contributed by atoms with Crippen molar-refractivity contribution < 1.29 is 9.90 Å². The summed E-state index contributed by atoms with van der Waals surface area (Å²) in [5.41, 5.74) is 5.52. The zero-order valence-electron chi connectivity index (χ0n) is 15.6. The summed E-state index contributed by atoms with van der Waals surface area (Å²) in [4.78, 5) is 21.3. The van der Waals surface area contributed by atoms with Gasteiger partial charge in [0, 0.05) is 54.9 Å². The molecule has 0 saturated heterocycles. The molecule has 0 radical (unpaired) electrons. The highest BCUT2D eigenvalue weighted by atomic mass is 16.4. The van der Waals surface area contributed by atoms with Gasteiger partial charge in [0.1, 0.15) is 6.17 Å². The summed E-state index contributed by atoms with van der Waals surface area (Å²) in [5, 5.41) is 12.7. The van der Waals surface area contributed by atoms with Gasteiger partial charge in [-0.3, -0.25) is 9.98 Å². The topological polar surface area (TPSA) is 77.8 Å². The maximum Gasteiger partial charge on any atom is 0.407 e. The number of carbonyl (C=O) groups is 1.